The van der Waals surface area contributed by atoms with E-state index in [-0.39, 0.29) is 12.3 Å². The number of thiophene rings is 1. The zero-order chi connectivity index (χ0) is 17.6. The van der Waals surface area contributed by atoms with Gasteiger partial charge in [-0.3, -0.25) is 10.1 Å². The Hall–Kier alpha value is -2.55. The standard InChI is InChI=1S/C15H13F3N2O3S/c16-15(17,18)10-3-1-4-11(7-10)23-9-13(21)20-14(22)19-8-12-5-2-6-24-12/h1-7H,8-9H2,(H2,19,20,21,22). The topological polar surface area (TPSA) is 67.4 Å². The Kier molecular flexibility index (Phi) is 5.80. The number of nitrogens with one attached hydrogen (secondary N) is 2. The number of amides is 3. The number of hydrogen-bond acceptors (Lipinski definition) is 4. The van der Waals surface area contributed by atoms with E-state index in [1.165, 1.54) is 23.5 Å². The van der Waals surface area contributed by atoms with Gasteiger partial charge in [0.1, 0.15) is 5.75 Å². The number of alkyl halides is 3. The van der Waals surface area contributed by atoms with E-state index in [4.69, 9.17) is 4.74 Å². The van der Waals surface area contributed by atoms with E-state index in [9.17, 15) is 22.8 Å². The van der Waals surface area contributed by atoms with Crippen LogP contribution in [0.1, 0.15) is 10.4 Å². The van der Waals surface area contributed by atoms with Gasteiger partial charge >= 0.3 is 12.2 Å². The number of hydrogen-bond donors (Lipinski definition) is 2. The molecule has 1 heterocycles. The van der Waals surface area contributed by atoms with Gasteiger partial charge in [-0.1, -0.05) is 12.1 Å². The highest BCUT2D eigenvalue weighted by Crippen LogP contribution is 2.31. The molecule has 128 valence electrons. The van der Waals surface area contributed by atoms with Crippen molar-refractivity contribution < 1.29 is 27.5 Å². The normalized spacial score (nSPS) is 11.0. The van der Waals surface area contributed by atoms with Crippen LogP contribution in [0, 0.1) is 0 Å². The van der Waals surface area contributed by atoms with Crippen molar-refractivity contribution in [3.8, 4) is 5.75 Å². The van der Waals surface area contributed by atoms with Gasteiger partial charge in [-0.25, -0.2) is 4.79 Å². The van der Waals surface area contributed by atoms with E-state index in [2.05, 4.69) is 5.32 Å². The summed E-state index contributed by atoms with van der Waals surface area (Å²) >= 11 is 1.45. The van der Waals surface area contributed by atoms with Crippen LogP contribution in [0.15, 0.2) is 41.8 Å². The first-order chi connectivity index (χ1) is 11.3. The van der Waals surface area contributed by atoms with Crippen molar-refractivity contribution in [2.75, 3.05) is 6.61 Å². The van der Waals surface area contributed by atoms with Crippen molar-refractivity contribution in [3.05, 3.63) is 52.2 Å². The third kappa shape index (κ3) is 5.58. The molecule has 3 amide bonds. The fourth-order valence-electron chi connectivity index (χ4n) is 1.70. The second-order valence-electron chi connectivity index (χ2n) is 4.62. The van der Waals surface area contributed by atoms with Crippen LogP contribution in [0.2, 0.25) is 0 Å². The zero-order valence-electron chi connectivity index (χ0n) is 12.2. The first-order valence-electron chi connectivity index (χ1n) is 6.75. The largest absolute Gasteiger partial charge is 0.484 e. The van der Waals surface area contributed by atoms with E-state index in [0.717, 1.165) is 17.0 Å². The van der Waals surface area contributed by atoms with Gasteiger partial charge in [0, 0.05) is 4.88 Å². The predicted octanol–water partition coefficient (Wildman–Crippen LogP) is 3.17. The van der Waals surface area contributed by atoms with Gasteiger partial charge < -0.3 is 10.1 Å². The summed E-state index contributed by atoms with van der Waals surface area (Å²) in [4.78, 5) is 24.0. The summed E-state index contributed by atoms with van der Waals surface area (Å²) in [7, 11) is 0. The van der Waals surface area contributed by atoms with Gasteiger partial charge in [-0.15, -0.1) is 11.3 Å². The molecule has 1 aromatic heterocycles. The minimum Gasteiger partial charge on any atom is -0.484 e. The summed E-state index contributed by atoms with van der Waals surface area (Å²) in [5.41, 5.74) is -0.880. The van der Waals surface area contributed by atoms with Crippen molar-refractivity contribution in [3.63, 3.8) is 0 Å². The minimum absolute atomic E-state index is 0.112. The molecule has 0 unspecified atom stereocenters. The molecular weight excluding hydrogens is 345 g/mol. The molecule has 0 aliphatic heterocycles. The number of urea groups is 1. The second kappa shape index (κ2) is 7.82. The fourth-order valence-corrected chi connectivity index (χ4v) is 2.34. The van der Waals surface area contributed by atoms with Crippen LogP contribution >= 0.6 is 11.3 Å². The Morgan fingerprint density at radius 3 is 2.62 bits per heavy atom. The van der Waals surface area contributed by atoms with E-state index < -0.39 is 30.3 Å². The SMILES string of the molecule is O=C(COc1cccc(C(F)(F)F)c1)NC(=O)NCc1cccs1. The molecule has 0 spiro atoms. The van der Waals surface area contributed by atoms with E-state index >= 15 is 0 Å². The summed E-state index contributed by atoms with van der Waals surface area (Å²) < 4.78 is 42.6. The highest BCUT2D eigenvalue weighted by atomic mass is 32.1. The Bertz CT molecular complexity index is 702. The second-order valence-corrected chi connectivity index (χ2v) is 5.66. The maximum Gasteiger partial charge on any atom is 0.416 e. The molecule has 0 saturated heterocycles. The monoisotopic (exact) mass is 358 g/mol. The quantitative estimate of drug-likeness (QED) is 0.863. The fraction of sp³-hybridized carbons (Fsp3) is 0.200. The average molecular weight is 358 g/mol. The number of rotatable bonds is 5. The Morgan fingerprint density at radius 2 is 1.96 bits per heavy atom. The Balaban J connectivity index is 1.77. The lowest BCUT2D eigenvalue weighted by atomic mass is 10.2. The lowest BCUT2D eigenvalue weighted by molar-refractivity contribution is -0.137. The van der Waals surface area contributed by atoms with Crippen molar-refractivity contribution in [2.24, 2.45) is 0 Å². The van der Waals surface area contributed by atoms with Gasteiger partial charge in [-0.05, 0) is 29.6 Å². The van der Waals surface area contributed by atoms with Crippen molar-refractivity contribution in [1.82, 2.24) is 10.6 Å². The van der Waals surface area contributed by atoms with Crippen molar-refractivity contribution in [2.45, 2.75) is 12.7 Å². The summed E-state index contributed by atoms with van der Waals surface area (Å²) in [5.74, 6) is -0.880. The van der Waals surface area contributed by atoms with Crippen LogP contribution in [0.3, 0.4) is 0 Å². The molecular formula is C15H13F3N2O3S. The van der Waals surface area contributed by atoms with Crippen LogP contribution in [-0.4, -0.2) is 18.5 Å². The minimum atomic E-state index is -4.50. The molecule has 2 rings (SSSR count). The number of imide groups is 1. The average Bonchev–Trinajstić information content (AvgIpc) is 3.04. The molecule has 0 saturated carbocycles. The maximum atomic E-state index is 12.6. The summed E-state index contributed by atoms with van der Waals surface area (Å²) in [6.45, 7) is -0.307. The highest BCUT2D eigenvalue weighted by Gasteiger charge is 2.30. The summed E-state index contributed by atoms with van der Waals surface area (Å²) in [6, 6.07) is 7.08. The van der Waals surface area contributed by atoms with E-state index in [1.807, 2.05) is 22.8 Å². The number of benzene rings is 1. The molecule has 0 atom stereocenters. The Morgan fingerprint density at radius 1 is 1.17 bits per heavy atom. The van der Waals surface area contributed by atoms with Crippen LogP contribution in [0.25, 0.3) is 0 Å². The molecule has 0 aliphatic rings. The molecule has 2 aromatic rings. The number of halogens is 3. The first-order valence-corrected chi connectivity index (χ1v) is 7.62. The smallest absolute Gasteiger partial charge is 0.416 e. The van der Waals surface area contributed by atoms with Crippen molar-refractivity contribution in [1.29, 1.82) is 0 Å². The lowest BCUT2D eigenvalue weighted by Crippen LogP contribution is -2.41. The molecule has 1 aromatic carbocycles. The van der Waals surface area contributed by atoms with Crippen LogP contribution < -0.4 is 15.4 Å². The third-order valence-corrected chi connectivity index (χ3v) is 3.66. The van der Waals surface area contributed by atoms with E-state index in [1.54, 1.807) is 0 Å². The highest BCUT2D eigenvalue weighted by molar-refractivity contribution is 7.09. The van der Waals surface area contributed by atoms with Gasteiger partial charge in [0.15, 0.2) is 6.61 Å². The van der Waals surface area contributed by atoms with Crippen LogP contribution in [0.5, 0.6) is 5.75 Å². The molecule has 5 nitrogen and oxygen atoms in total. The molecule has 24 heavy (non-hydrogen) atoms. The summed E-state index contributed by atoms with van der Waals surface area (Å²) in [6.07, 6.45) is -4.50. The maximum absolute atomic E-state index is 12.6. The Labute approximate surface area is 139 Å². The number of ether oxygens (including phenoxy) is 1. The first kappa shape index (κ1) is 17.8. The molecule has 0 fully saturated rings. The number of carbonyl (C=O) groups excluding carboxylic acids is 2. The van der Waals surface area contributed by atoms with Crippen LogP contribution in [0.4, 0.5) is 18.0 Å². The van der Waals surface area contributed by atoms with Gasteiger partial charge in [0.05, 0.1) is 12.1 Å². The predicted molar refractivity (Wildman–Crippen MR) is 81.6 cm³/mol. The van der Waals surface area contributed by atoms with Gasteiger partial charge in [-0.2, -0.15) is 13.2 Å². The van der Waals surface area contributed by atoms with Gasteiger partial charge in [0.25, 0.3) is 5.91 Å². The molecule has 9 heteroatoms. The zero-order valence-corrected chi connectivity index (χ0v) is 13.0. The molecule has 2 N–H and O–H groups in total. The molecule has 0 bridgehead atoms. The molecule has 0 aliphatic carbocycles. The van der Waals surface area contributed by atoms with Gasteiger partial charge in [0.2, 0.25) is 0 Å². The summed E-state index contributed by atoms with van der Waals surface area (Å²) in [5, 5.41) is 6.35. The third-order valence-electron chi connectivity index (χ3n) is 2.79. The van der Waals surface area contributed by atoms with Crippen molar-refractivity contribution >= 4 is 23.3 Å². The lowest BCUT2D eigenvalue weighted by Gasteiger charge is -2.10. The van der Waals surface area contributed by atoms with E-state index in [0.29, 0.717) is 0 Å². The molecule has 0 radical (unpaired) electrons. The van der Waals surface area contributed by atoms with Crippen LogP contribution in [-0.2, 0) is 17.5 Å². The number of carbonyl (C=O) groups is 2.